The lowest BCUT2D eigenvalue weighted by Crippen LogP contribution is -2.40. The van der Waals surface area contributed by atoms with Gasteiger partial charge in [-0.1, -0.05) is 6.08 Å². The second-order valence-corrected chi connectivity index (χ2v) is 7.18. The average molecular weight is 345 g/mol. The Labute approximate surface area is 146 Å². The molecule has 0 aromatic carbocycles. The Bertz CT molecular complexity index is 731. The molecule has 2 bridgehead atoms. The van der Waals surface area contributed by atoms with Gasteiger partial charge in [0.25, 0.3) is 5.91 Å². The molecule has 1 atom stereocenters. The Kier molecular flexibility index (Phi) is 4.38. The van der Waals surface area contributed by atoms with E-state index in [1.807, 2.05) is 26.8 Å². The maximum atomic E-state index is 12.3. The summed E-state index contributed by atoms with van der Waals surface area (Å²) >= 11 is 0. The molecule has 3 heterocycles. The number of fused-ring (bicyclic) bond motifs is 2. The number of nitrogens with one attached hydrogen (secondary N) is 1. The SMILES string of the molecule is C=CCON1C(=O)N2CC(n3cc(C(=O)NC(C)(C)C)cn3)=CC1C2. The van der Waals surface area contributed by atoms with E-state index in [0.717, 1.165) is 5.70 Å². The molecule has 25 heavy (non-hydrogen) atoms. The van der Waals surface area contributed by atoms with E-state index in [1.54, 1.807) is 21.9 Å². The van der Waals surface area contributed by atoms with Gasteiger partial charge in [0.15, 0.2) is 0 Å². The van der Waals surface area contributed by atoms with Crippen LogP contribution in [-0.4, -0.2) is 63.0 Å². The first-order valence-corrected chi connectivity index (χ1v) is 8.19. The highest BCUT2D eigenvalue weighted by atomic mass is 16.7. The Balaban J connectivity index is 1.76. The average Bonchev–Trinajstić information content (AvgIpc) is 3.10. The highest BCUT2D eigenvalue weighted by Gasteiger charge is 2.41. The topological polar surface area (TPSA) is 79.7 Å². The Hall–Kier alpha value is -2.61. The molecular formula is C17H23N5O3. The summed E-state index contributed by atoms with van der Waals surface area (Å²) < 4.78 is 1.64. The van der Waals surface area contributed by atoms with Crippen LogP contribution in [0.5, 0.6) is 0 Å². The zero-order valence-electron chi connectivity index (χ0n) is 14.7. The van der Waals surface area contributed by atoms with Crippen molar-refractivity contribution in [1.82, 2.24) is 25.1 Å². The van der Waals surface area contributed by atoms with Gasteiger partial charge in [-0.2, -0.15) is 10.2 Å². The van der Waals surface area contributed by atoms with Crippen LogP contribution < -0.4 is 5.32 Å². The van der Waals surface area contributed by atoms with Gasteiger partial charge >= 0.3 is 6.03 Å². The minimum atomic E-state index is -0.316. The van der Waals surface area contributed by atoms with Gasteiger partial charge in [0.2, 0.25) is 0 Å². The zero-order chi connectivity index (χ0) is 18.2. The molecule has 1 aromatic heterocycles. The summed E-state index contributed by atoms with van der Waals surface area (Å²) in [7, 11) is 0. The summed E-state index contributed by atoms with van der Waals surface area (Å²) in [6.45, 7) is 10.6. The lowest BCUT2D eigenvalue weighted by atomic mass is 10.1. The smallest absolute Gasteiger partial charge is 0.345 e. The second kappa shape index (κ2) is 6.36. The minimum absolute atomic E-state index is 0.170. The first-order chi connectivity index (χ1) is 11.8. The van der Waals surface area contributed by atoms with Crippen LogP contribution in [0.4, 0.5) is 4.79 Å². The van der Waals surface area contributed by atoms with Crippen LogP contribution in [0.3, 0.4) is 0 Å². The molecule has 3 amide bonds. The van der Waals surface area contributed by atoms with Crippen LogP contribution in [-0.2, 0) is 4.84 Å². The van der Waals surface area contributed by atoms with Gasteiger partial charge in [0.05, 0.1) is 36.7 Å². The monoisotopic (exact) mass is 345 g/mol. The third kappa shape index (κ3) is 3.58. The van der Waals surface area contributed by atoms with Gasteiger partial charge in [-0.3, -0.25) is 9.63 Å². The number of carbonyl (C=O) groups excluding carboxylic acids is 2. The van der Waals surface area contributed by atoms with E-state index in [2.05, 4.69) is 17.0 Å². The first-order valence-electron chi connectivity index (χ1n) is 8.19. The van der Waals surface area contributed by atoms with E-state index >= 15 is 0 Å². The lowest BCUT2D eigenvalue weighted by Gasteiger charge is -2.21. The van der Waals surface area contributed by atoms with Crippen LogP contribution in [0, 0.1) is 0 Å². The summed E-state index contributed by atoms with van der Waals surface area (Å²) in [6, 6.07) is -0.344. The minimum Gasteiger partial charge on any atom is -0.347 e. The molecule has 1 unspecified atom stereocenters. The molecule has 0 saturated carbocycles. The Morgan fingerprint density at radius 3 is 2.96 bits per heavy atom. The molecule has 134 valence electrons. The molecule has 0 aliphatic carbocycles. The second-order valence-electron chi connectivity index (χ2n) is 7.18. The highest BCUT2D eigenvalue weighted by Crippen LogP contribution is 2.26. The van der Waals surface area contributed by atoms with E-state index < -0.39 is 0 Å². The molecule has 8 heteroatoms. The van der Waals surface area contributed by atoms with Crippen molar-refractivity contribution in [2.24, 2.45) is 0 Å². The summed E-state index contributed by atoms with van der Waals surface area (Å²) in [6.07, 6.45) is 6.76. The van der Waals surface area contributed by atoms with Gasteiger partial charge in [-0.25, -0.2) is 9.48 Å². The van der Waals surface area contributed by atoms with Gasteiger partial charge in [-0.15, -0.1) is 6.58 Å². The summed E-state index contributed by atoms with van der Waals surface area (Å²) in [4.78, 5) is 31.7. The first kappa shape index (κ1) is 17.2. The quantitative estimate of drug-likeness (QED) is 0.820. The Morgan fingerprint density at radius 1 is 1.52 bits per heavy atom. The fourth-order valence-corrected chi connectivity index (χ4v) is 2.82. The molecular weight excluding hydrogens is 322 g/mol. The van der Waals surface area contributed by atoms with Crippen molar-refractivity contribution in [2.45, 2.75) is 32.4 Å². The maximum Gasteiger partial charge on any atom is 0.345 e. The van der Waals surface area contributed by atoms with E-state index in [-0.39, 0.29) is 30.1 Å². The fourth-order valence-electron chi connectivity index (χ4n) is 2.82. The van der Waals surface area contributed by atoms with Crippen molar-refractivity contribution in [1.29, 1.82) is 0 Å². The van der Waals surface area contributed by atoms with Crippen LogP contribution >= 0.6 is 0 Å². The van der Waals surface area contributed by atoms with E-state index in [1.165, 1.54) is 11.3 Å². The number of carbonyl (C=O) groups is 2. The Morgan fingerprint density at radius 2 is 2.28 bits per heavy atom. The van der Waals surface area contributed by atoms with E-state index in [9.17, 15) is 9.59 Å². The fraction of sp³-hybridized carbons (Fsp3) is 0.471. The zero-order valence-corrected chi connectivity index (χ0v) is 14.7. The number of amides is 3. The molecule has 2 aliphatic heterocycles. The van der Waals surface area contributed by atoms with Crippen LogP contribution in [0.1, 0.15) is 31.1 Å². The van der Waals surface area contributed by atoms with Crippen LogP contribution in [0.25, 0.3) is 5.70 Å². The predicted octanol–water partition coefficient (Wildman–Crippen LogP) is 1.49. The third-order valence-electron chi connectivity index (χ3n) is 3.86. The van der Waals surface area contributed by atoms with Gasteiger partial charge in [0, 0.05) is 18.3 Å². The number of urea groups is 1. The van der Waals surface area contributed by atoms with Crippen molar-refractivity contribution < 1.29 is 14.4 Å². The van der Waals surface area contributed by atoms with Crippen molar-refractivity contribution >= 4 is 17.6 Å². The molecule has 3 rings (SSSR count). The number of hydrogen-bond acceptors (Lipinski definition) is 4. The number of rotatable bonds is 5. The van der Waals surface area contributed by atoms with E-state index in [4.69, 9.17) is 4.84 Å². The molecule has 1 fully saturated rings. The van der Waals surface area contributed by atoms with Crippen molar-refractivity contribution in [3.8, 4) is 0 Å². The predicted molar refractivity (Wildman–Crippen MR) is 92.5 cm³/mol. The summed E-state index contributed by atoms with van der Waals surface area (Å²) in [5.74, 6) is -0.176. The largest absolute Gasteiger partial charge is 0.347 e. The standard InChI is InChI=1S/C17H23N5O3/c1-5-6-25-22-14-7-13(10-20(11-14)16(22)24)21-9-12(8-18-21)15(23)19-17(2,3)4/h5,7-9,14H,1,6,10-11H2,2-4H3,(H,19,23). The van der Waals surface area contributed by atoms with Gasteiger partial charge in [-0.05, 0) is 26.8 Å². The summed E-state index contributed by atoms with van der Waals surface area (Å²) in [5, 5.41) is 8.55. The van der Waals surface area contributed by atoms with Gasteiger partial charge < -0.3 is 10.2 Å². The van der Waals surface area contributed by atoms with Crippen molar-refractivity contribution in [3.63, 3.8) is 0 Å². The number of hydrogen-bond donors (Lipinski definition) is 1. The number of nitrogens with zero attached hydrogens (tertiary/aromatic N) is 4. The molecule has 0 radical (unpaired) electrons. The molecule has 1 N–H and O–H groups in total. The van der Waals surface area contributed by atoms with Crippen LogP contribution in [0.15, 0.2) is 31.1 Å². The molecule has 2 aliphatic rings. The van der Waals surface area contributed by atoms with E-state index in [0.29, 0.717) is 18.7 Å². The summed E-state index contributed by atoms with van der Waals surface area (Å²) in [5.41, 5.74) is 1.00. The molecule has 8 nitrogen and oxygen atoms in total. The molecule has 1 aromatic rings. The van der Waals surface area contributed by atoms with Gasteiger partial charge in [0.1, 0.15) is 0 Å². The normalized spacial score (nSPS) is 19.9. The molecule has 0 spiro atoms. The lowest BCUT2D eigenvalue weighted by molar-refractivity contribution is -0.107. The van der Waals surface area contributed by atoms with Crippen molar-refractivity contribution in [2.75, 3.05) is 19.7 Å². The van der Waals surface area contributed by atoms with Crippen LogP contribution in [0.2, 0.25) is 0 Å². The maximum absolute atomic E-state index is 12.3. The third-order valence-corrected chi connectivity index (χ3v) is 3.86. The molecule has 1 saturated heterocycles. The highest BCUT2D eigenvalue weighted by molar-refractivity contribution is 5.94. The number of hydroxylamine groups is 2. The number of aromatic nitrogens is 2. The van der Waals surface area contributed by atoms with Crippen molar-refractivity contribution in [3.05, 3.63) is 36.7 Å².